The highest BCUT2D eigenvalue weighted by Gasteiger charge is 2.29. The van der Waals surface area contributed by atoms with Gasteiger partial charge in [-0.25, -0.2) is 12.7 Å². The first-order valence-corrected chi connectivity index (χ1v) is 13.3. The molecule has 0 heterocycles. The molecule has 2 amide bonds. The third-order valence-corrected chi connectivity index (χ3v) is 8.02. The second-order valence-electron chi connectivity index (χ2n) is 7.78. The molecule has 1 unspecified atom stereocenters. The van der Waals surface area contributed by atoms with Gasteiger partial charge in [0.05, 0.1) is 4.90 Å². The molecule has 0 bridgehead atoms. The minimum absolute atomic E-state index is 0.0621. The van der Waals surface area contributed by atoms with E-state index in [4.69, 9.17) is 23.2 Å². The van der Waals surface area contributed by atoms with Crippen LogP contribution in [-0.2, 0) is 26.2 Å². The Labute approximate surface area is 212 Å². The monoisotopic (exact) mass is 527 g/mol. The van der Waals surface area contributed by atoms with E-state index in [1.165, 1.54) is 28.4 Å². The zero-order chi connectivity index (χ0) is 25.3. The molecule has 2 aromatic carbocycles. The van der Waals surface area contributed by atoms with Crippen molar-refractivity contribution in [3.05, 3.63) is 64.1 Å². The molecule has 0 saturated heterocycles. The molecule has 7 nitrogen and oxygen atoms in total. The Morgan fingerprint density at radius 1 is 1.00 bits per heavy atom. The molecule has 10 heteroatoms. The molecule has 0 aliphatic heterocycles. The van der Waals surface area contributed by atoms with Crippen molar-refractivity contribution in [2.24, 2.45) is 0 Å². The summed E-state index contributed by atoms with van der Waals surface area (Å²) in [5.74, 6) is -0.537. The number of likely N-dealkylation sites (N-methyl/N-ethyl adjacent to an activating group) is 1. The van der Waals surface area contributed by atoms with Gasteiger partial charge in [-0.1, -0.05) is 54.4 Å². The van der Waals surface area contributed by atoms with Crippen molar-refractivity contribution < 1.29 is 18.0 Å². The van der Waals surface area contributed by atoms with Crippen molar-refractivity contribution in [2.45, 2.75) is 50.6 Å². The van der Waals surface area contributed by atoms with Gasteiger partial charge in [0.15, 0.2) is 0 Å². The van der Waals surface area contributed by atoms with Gasteiger partial charge in [0.25, 0.3) is 0 Å². The fraction of sp³-hybridized carbons (Fsp3) is 0.417. The normalized spacial score (nSPS) is 12.4. The molecule has 0 spiro atoms. The van der Waals surface area contributed by atoms with Crippen LogP contribution in [0, 0.1) is 0 Å². The van der Waals surface area contributed by atoms with Crippen LogP contribution >= 0.6 is 23.2 Å². The lowest BCUT2D eigenvalue weighted by atomic mass is 10.1. The molecule has 0 radical (unpaired) electrons. The Bertz CT molecular complexity index is 1060. The maximum Gasteiger partial charge on any atom is 0.242 e. The summed E-state index contributed by atoms with van der Waals surface area (Å²) in [6, 6.07) is 12.5. The summed E-state index contributed by atoms with van der Waals surface area (Å²) in [4.78, 5) is 27.6. The van der Waals surface area contributed by atoms with E-state index in [-0.39, 0.29) is 36.2 Å². The SMILES string of the molecule is CCNC(=O)C(CC)N(Cc1c(Cl)cccc1Cl)C(=O)CCCN(C)S(=O)(=O)c1ccccc1. The Morgan fingerprint density at radius 2 is 1.62 bits per heavy atom. The van der Waals surface area contributed by atoms with E-state index in [0.717, 1.165) is 0 Å². The first-order valence-electron chi connectivity index (χ1n) is 11.1. The standard InChI is InChI=1S/C24H31Cl2N3O4S/c1-4-22(24(31)27-5-2)29(17-19-20(25)13-9-14-21(19)26)23(30)15-10-16-28(3)34(32,33)18-11-7-6-8-12-18/h6-9,11-14,22H,4-5,10,15-17H2,1-3H3,(H,27,31). The van der Waals surface area contributed by atoms with Crippen LogP contribution in [-0.4, -0.2) is 55.6 Å². The summed E-state index contributed by atoms with van der Waals surface area (Å²) < 4.78 is 26.7. The molecule has 2 aromatic rings. The van der Waals surface area contributed by atoms with Crippen molar-refractivity contribution in [3.63, 3.8) is 0 Å². The summed E-state index contributed by atoms with van der Waals surface area (Å²) in [6.07, 6.45) is 0.758. The topological polar surface area (TPSA) is 86.8 Å². The quantitative estimate of drug-likeness (QED) is 0.444. The molecule has 0 aromatic heterocycles. The molecule has 2 rings (SSSR count). The number of rotatable bonds is 12. The van der Waals surface area contributed by atoms with Gasteiger partial charge in [0.2, 0.25) is 21.8 Å². The predicted molar refractivity (Wildman–Crippen MR) is 135 cm³/mol. The van der Waals surface area contributed by atoms with Gasteiger partial charge in [0.1, 0.15) is 6.04 Å². The average Bonchev–Trinajstić information content (AvgIpc) is 2.81. The number of benzene rings is 2. The number of sulfonamides is 1. The van der Waals surface area contributed by atoms with E-state index in [0.29, 0.717) is 35.0 Å². The van der Waals surface area contributed by atoms with Crippen LogP contribution in [0.3, 0.4) is 0 Å². The van der Waals surface area contributed by atoms with E-state index >= 15 is 0 Å². The molecule has 0 fully saturated rings. The number of halogens is 2. The smallest absolute Gasteiger partial charge is 0.242 e. The van der Waals surface area contributed by atoms with Crippen LogP contribution in [0.2, 0.25) is 10.0 Å². The summed E-state index contributed by atoms with van der Waals surface area (Å²) in [5, 5.41) is 3.59. The lowest BCUT2D eigenvalue weighted by Gasteiger charge is -2.31. The second-order valence-corrected chi connectivity index (χ2v) is 10.6. The summed E-state index contributed by atoms with van der Waals surface area (Å²) >= 11 is 12.6. The van der Waals surface area contributed by atoms with Crippen molar-refractivity contribution >= 4 is 45.0 Å². The van der Waals surface area contributed by atoms with Crippen LogP contribution in [0.1, 0.15) is 38.7 Å². The zero-order valence-corrected chi connectivity index (χ0v) is 22.0. The molecule has 1 N–H and O–H groups in total. The first kappa shape index (κ1) is 28.1. The Morgan fingerprint density at radius 3 is 2.18 bits per heavy atom. The van der Waals surface area contributed by atoms with E-state index < -0.39 is 16.1 Å². The van der Waals surface area contributed by atoms with Gasteiger partial charge >= 0.3 is 0 Å². The second kappa shape index (κ2) is 13.1. The van der Waals surface area contributed by atoms with Gasteiger partial charge in [-0.05, 0) is 44.0 Å². The largest absolute Gasteiger partial charge is 0.355 e. The fourth-order valence-electron chi connectivity index (χ4n) is 3.55. The third kappa shape index (κ3) is 7.18. The number of nitrogens with one attached hydrogen (secondary N) is 1. The zero-order valence-electron chi connectivity index (χ0n) is 19.6. The van der Waals surface area contributed by atoms with E-state index in [2.05, 4.69) is 5.32 Å². The van der Waals surface area contributed by atoms with Crippen LogP contribution in [0.4, 0.5) is 0 Å². The summed E-state index contributed by atoms with van der Waals surface area (Å²) in [6.45, 7) is 4.30. The fourth-order valence-corrected chi connectivity index (χ4v) is 5.30. The van der Waals surface area contributed by atoms with Crippen LogP contribution < -0.4 is 5.32 Å². The Balaban J connectivity index is 2.17. The number of hydrogen-bond acceptors (Lipinski definition) is 4. The lowest BCUT2D eigenvalue weighted by molar-refractivity contribution is -0.141. The van der Waals surface area contributed by atoms with Crippen molar-refractivity contribution in [1.82, 2.24) is 14.5 Å². The molecule has 0 aliphatic carbocycles. The lowest BCUT2D eigenvalue weighted by Crippen LogP contribution is -2.49. The highest BCUT2D eigenvalue weighted by Crippen LogP contribution is 2.27. The number of amides is 2. The minimum atomic E-state index is -3.65. The third-order valence-electron chi connectivity index (χ3n) is 5.44. The predicted octanol–water partition coefficient (Wildman–Crippen LogP) is 4.34. The Kier molecular flexibility index (Phi) is 10.8. The molecule has 186 valence electrons. The number of carbonyl (C=O) groups is 2. The van der Waals surface area contributed by atoms with Gasteiger partial charge in [0, 0.05) is 48.7 Å². The molecule has 34 heavy (non-hydrogen) atoms. The summed E-state index contributed by atoms with van der Waals surface area (Å²) in [5.41, 5.74) is 0.561. The molecule has 0 aliphatic rings. The number of carbonyl (C=O) groups excluding carboxylic acids is 2. The maximum absolute atomic E-state index is 13.3. The molecule has 1 atom stereocenters. The maximum atomic E-state index is 13.3. The highest BCUT2D eigenvalue weighted by atomic mass is 35.5. The van der Waals surface area contributed by atoms with Crippen molar-refractivity contribution in [3.8, 4) is 0 Å². The van der Waals surface area contributed by atoms with Crippen LogP contribution in [0.15, 0.2) is 53.4 Å². The van der Waals surface area contributed by atoms with E-state index in [1.807, 2.05) is 13.8 Å². The van der Waals surface area contributed by atoms with E-state index in [9.17, 15) is 18.0 Å². The minimum Gasteiger partial charge on any atom is -0.355 e. The number of nitrogens with zero attached hydrogens (tertiary/aromatic N) is 2. The van der Waals surface area contributed by atoms with Gasteiger partial charge in [-0.15, -0.1) is 0 Å². The van der Waals surface area contributed by atoms with Gasteiger partial charge in [-0.2, -0.15) is 0 Å². The number of hydrogen-bond donors (Lipinski definition) is 1. The van der Waals surface area contributed by atoms with Crippen LogP contribution in [0.5, 0.6) is 0 Å². The van der Waals surface area contributed by atoms with Crippen molar-refractivity contribution in [2.75, 3.05) is 20.1 Å². The average molecular weight is 529 g/mol. The van der Waals surface area contributed by atoms with Gasteiger partial charge < -0.3 is 10.2 Å². The molecular weight excluding hydrogens is 497 g/mol. The summed E-state index contributed by atoms with van der Waals surface area (Å²) in [7, 11) is -2.17. The first-order chi connectivity index (χ1) is 16.1. The Hall–Kier alpha value is -2.13. The van der Waals surface area contributed by atoms with Crippen LogP contribution in [0.25, 0.3) is 0 Å². The van der Waals surface area contributed by atoms with E-state index in [1.54, 1.807) is 36.4 Å². The molecular formula is C24H31Cl2N3O4S. The van der Waals surface area contributed by atoms with Gasteiger partial charge in [-0.3, -0.25) is 9.59 Å². The van der Waals surface area contributed by atoms with Crippen molar-refractivity contribution in [1.29, 1.82) is 0 Å². The highest BCUT2D eigenvalue weighted by molar-refractivity contribution is 7.89. The molecule has 0 saturated carbocycles.